The van der Waals surface area contributed by atoms with Crippen LogP contribution < -0.4 is 5.73 Å². The third kappa shape index (κ3) is 2.46. The molecule has 3 N–H and O–H groups in total. The molecule has 0 saturated carbocycles. The summed E-state index contributed by atoms with van der Waals surface area (Å²) in [7, 11) is 0. The van der Waals surface area contributed by atoms with E-state index in [1.807, 2.05) is 27.7 Å². The van der Waals surface area contributed by atoms with Crippen LogP contribution in [0.4, 0.5) is 0 Å². The van der Waals surface area contributed by atoms with Crippen molar-refractivity contribution in [3.05, 3.63) is 30.2 Å². The van der Waals surface area contributed by atoms with Crippen LogP contribution >= 0.6 is 0 Å². The Kier molecular flexibility index (Phi) is 3.10. The SMILES string of the molecule is CC(C)(N)C(C)(C)c1nc(-c2ccc(O)cc2)no1. The van der Waals surface area contributed by atoms with Gasteiger partial charge in [-0.25, -0.2) is 0 Å². The Bertz CT molecular complexity index is 565. The third-order valence-electron chi connectivity index (χ3n) is 3.70. The number of aromatic hydroxyl groups is 1. The number of benzene rings is 1. The molecule has 0 spiro atoms. The van der Waals surface area contributed by atoms with Gasteiger partial charge in [-0.15, -0.1) is 0 Å². The third-order valence-corrected chi connectivity index (χ3v) is 3.70. The minimum atomic E-state index is -0.480. The zero-order valence-electron chi connectivity index (χ0n) is 11.6. The van der Waals surface area contributed by atoms with E-state index in [0.717, 1.165) is 5.56 Å². The van der Waals surface area contributed by atoms with Gasteiger partial charge in [0.15, 0.2) is 0 Å². The molecule has 5 nitrogen and oxygen atoms in total. The van der Waals surface area contributed by atoms with Crippen LogP contribution in [0.3, 0.4) is 0 Å². The van der Waals surface area contributed by atoms with E-state index in [-0.39, 0.29) is 5.75 Å². The van der Waals surface area contributed by atoms with Crippen molar-refractivity contribution in [1.29, 1.82) is 0 Å². The summed E-state index contributed by atoms with van der Waals surface area (Å²) in [6.45, 7) is 7.80. The van der Waals surface area contributed by atoms with Crippen molar-refractivity contribution < 1.29 is 9.63 Å². The number of phenols is 1. The Morgan fingerprint density at radius 1 is 1.11 bits per heavy atom. The molecule has 2 aromatic rings. The molecule has 19 heavy (non-hydrogen) atoms. The van der Waals surface area contributed by atoms with Gasteiger partial charge in [-0.1, -0.05) is 5.16 Å². The first-order valence-corrected chi connectivity index (χ1v) is 6.14. The summed E-state index contributed by atoms with van der Waals surface area (Å²) < 4.78 is 5.34. The summed E-state index contributed by atoms with van der Waals surface area (Å²) in [5.41, 5.74) is 6.03. The van der Waals surface area contributed by atoms with Crippen LogP contribution in [0.5, 0.6) is 5.75 Å². The van der Waals surface area contributed by atoms with Gasteiger partial charge in [0, 0.05) is 11.1 Å². The van der Waals surface area contributed by atoms with Crippen molar-refractivity contribution in [1.82, 2.24) is 10.1 Å². The van der Waals surface area contributed by atoms with E-state index in [1.54, 1.807) is 24.3 Å². The number of rotatable bonds is 3. The monoisotopic (exact) mass is 261 g/mol. The van der Waals surface area contributed by atoms with Crippen LogP contribution in [0.25, 0.3) is 11.4 Å². The van der Waals surface area contributed by atoms with Gasteiger partial charge in [-0.3, -0.25) is 0 Å². The molecule has 0 radical (unpaired) electrons. The maximum atomic E-state index is 9.26. The summed E-state index contributed by atoms with van der Waals surface area (Å²) in [5, 5.41) is 13.2. The van der Waals surface area contributed by atoms with Crippen LogP contribution in [0.2, 0.25) is 0 Å². The molecular weight excluding hydrogens is 242 g/mol. The van der Waals surface area contributed by atoms with Gasteiger partial charge in [-0.05, 0) is 52.0 Å². The number of hydrogen-bond donors (Lipinski definition) is 2. The largest absolute Gasteiger partial charge is 0.508 e. The van der Waals surface area contributed by atoms with Crippen LogP contribution in [0.1, 0.15) is 33.6 Å². The van der Waals surface area contributed by atoms with Crippen molar-refractivity contribution in [2.24, 2.45) is 5.73 Å². The average Bonchev–Trinajstić information content (AvgIpc) is 2.78. The van der Waals surface area contributed by atoms with E-state index in [1.165, 1.54) is 0 Å². The molecule has 102 valence electrons. The Morgan fingerprint density at radius 3 is 2.21 bits per heavy atom. The Morgan fingerprint density at radius 2 is 1.68 bits per heavy atom. The standard InChI is InChI=1S/C14H19N3O2/c1-13(2,14(3,4)15)12-16-11(17-19-12)9-5-7-10(18)8-6-9/h5-8,18H,15H2,1-4H3. The number of phenolic OH excluding ortho intramolecular Hbond substituents is 1. The van der Waals surface area contributed by atoms with E-state index in [4.69, 9.17) is 10.3 Å². The Labute approximate surface area is 112 Å². The number of nitrogens with zero attached hydrogens (tertiary/aromatic N) is 2. The van der Waals surface area contributed by atoms with Gasteiger partial charge in [0.05, 0.1) is 5.41 Å². The first kappa shape index (κ1) is 13.5. The predicted molar refractivity (Wildman–Crippen MR) is 72.7 cm³/mol. The van der Waals surface area contributed by atoms with E-state index in [2.05, 4.69) is 10.1 Å². The summed E-state index contributed by atoms with van der Waals surface area (Å²) in [4.78, 5) is 4.41. The molecule has 0 fully saturated rings. The van der Waals surface area contributed by atoms with Gasteiger partial charge < -0.3 is 15.4 Å². The molecule has 0 aliphatic carbocycles. The van der Waals surface area contributed by atoms with Crippen molar-refractivity contribution in [3.63, 3.8) is 0 Å². The second-order valence-electron chi connectivity index (χ2n) is 5.82. The van der Waals surface area contributed by atoms with E-state index in [9.17, 15) is 5.11 Å². The van der Waals surface area contributed by atoms with E-state index >= 15 is 0 Å². The first-order chi connectivity index (χ1) is 8.72. The molecule has 5 heteroatoms. The molecule has 1 aromatic heterocycles. The first-order valence-electron chi connectivity index (χ1n) is 6.14. The summed E-state index contributed by atoms with van der Waals surface area (Å²) in [6, 6.07) is 6.65. The molecular formula is C14H19N3O2. The predicted octanol–water partition coefficient (Wildman–Crippen LogP) is 2.46. The molecule has 1 aromatic carbocycles. The fourth-order valence-corrected chi connectivity index (χ4v) is 1.48. The van der Waals surface area contributed by atoms with Crippen molar-refractivity contribution >= 4 is 0 Å². The minimum absolute atomic E-state index is 0.205. The number of nitrogens with two attached hydrogens (primary N) is 1. The Balaban J connectivity index is 2.37. The molecule has 1 heterocycles. The summed E-state index contributed by atoms with van der Waals surface area (Å²) in [5.74, 6) is 1.20. The Hall–Kier alpha value is -1.88. The molecule has 0 aliphatic heterocycles. The fourth-order valence-electron chi connectivity index (χ4n) is 1.48. The second-order valence-corrected chi connectivity index (χ2v) is 5.82. The lowest BCUT2D eigenvalue weighted by atomic mass is 9.75. The van der Waals surface area contributed by atoms with Crippen LogP contribution in [-0.2, 0) is 5.41 Å². The summed E-state index contributed by atoms with van der Waals surface area (Å²) >= 11 is 0. The fraction of sp³-hybridized carbons (Fsp3) is 0.429. The van der Waals surface area contributed by atoms with Crippen LogP contribution in [0.15, 0.2) is 28.8 Å². The van der Waals surface area contributed by atoms with E-state index < -0.39 is 11.0 Å². The highest BCUT2D eigenvalue weighted by molar-refractivity contribution is 5.55. The van der Waals surface area contributed by atoms with Gasteiger partial charge in [0.25, 0.3) is 0 Å². The van der Waals surface area contributed by atoms with Crippen molar-refractivity contribution in [2.45, 2.75) is 38.6 Å². The lowest BCUT2D eigenvalue weighted by molar-refractivity contribution is 0.223. The van der Waals surface area contributed by atoms with Crippen LogP contribution in [-0.4, -0.2) is 20.8 Å². The number of hydrogen-bond acceptors (Lipinski definition) is 5. The average molecular weight is 261 g/mol. The second kappa shape index (κ2) is 4.35. The minimum Gasteiger partial charge on any atom is -0.508 e. The lowest BCUT2D eigenvalue weighted by Crippen LogP contribution is -2.50. The molecule has 0 saturated heterocycles. The maximum absolute atomic E-state index is 9.26. The zero-order valence-corrected chi connectivity index (χ0v) is 11.6. The van der Waals surface area contributed by atoms with E-state index in [0.29, 0.717) is 11.7 Å². The highest BCUT2D eigenvalue weighted by atomic mass is 16.5. The van der Waals surface area contributed by atoms with Crippen LogP contribution in [0, 0.1) is 0 Å². The molecule has 0 bridgehead atoms. The molecule has 2 rings (SSSR count). The van der Waals surface area contributed by atoms with Gasteiger partial charge >= 0.3 is 0 Å². The normalized spacial score (nSPS) is 12.7. The highest BCUT2D eigenvalue weighted by Gasteiger charge is 2.40. The van der Waals surface area contributed by atoms with Crippen molar-refractivity contribution in [3.8, 4) is 17.1 Å². The van der Waals surface area contributed by atoms with Gasteiger partial charge in [-0.2, -0.15) is 4.98 Å². The molecule has 0 atom stereocenters. The number of aromatic nitrogens is 2. The van der Waals surface area contributed by atoms with Gasteiger partial charge in [0.2, 0.25) is 11.7 Å². The van der Waals surface area contributed by atoms with Gasteiger partial charge in [0.1, 0.15) is 5.75 Å². The molecule has 0 aliphatic rings. The zero-order chi connectivity index (χ0) is 14.3. The topological polar surface area (TPSA) is 85.2 Å². The smallest absolute Gasteiger partial charge is 0.234 e. The van der Waals surface area contributed by atoms with Crippen molar-refractivity contribution in [2.75, 3.05) is 0 Å². The summed E-state index contributed by atoms with van der Waals surface area (Å²) in [6.07, 6.45) is 0. The highest BCUT2D eigenvalue weighted by Crippen LogP contribution is 2.33. The maximum Gasteiger partial charge on any atom is 0.234 e. The molecule has 0 amide bonds. The molecule has 0 unspecified atom stereocenters. The lowest BCUT2D eigenvalue weighted by Gasteiger charge is -2.34. The quantitative estimate of drug-likeness (QED) is 0.886.